The number of aromatic nitrogens is 2. The molecule has 2 saturated heterocycles. The lowest BCUT2D eigenvalue weighted by molar-refractivity contribution is -0.182. The van der Waals surface area contributed by atoms with Crippen molar-refractivity contribution in [1.29, 1.82) is 0 Å². The number of piperidine rings is 1. The van der Waals surface area contributed by atoms with Crippen molar-refractivity contribution in [2.24, 2.45) is 0 Å². The van der Waals surface area contributed by atoms with Gasteiger partial charge >= 0.3 is 0 Å². The van der Waals surface area contributed by atoms with Gasteiger partial charge in [0.15, 0.2) is 0 Å². The first-order valence-corrected chi connectivity index (χ1v) is 9.70. The van der Waals surface area contributed by atoms with Crippen molar-refractivity contribution < 1.29 is 14.6 Å². The average Bonchev–Trinajstić information content (AvgIpc) is 3.05. The molecule has 2 aliphatic rings. The van der Waals surface area contributed by atoms with Crippen LogP contribution in [0.2, 0.25) is 0 Å². The number of likely N-dealkylation sites (tertiary alicyclic amines) is 1. The lowest BCUT2D eigenvalue weighted by Crippen LogP contribution is -2.52. The van der Waals surface area contributed by atoms with Gasteiger partial charge in [0, 0.05) is 31.4 Å². The summed E-state index contributed by atoms with van der Waals surface area (Å²) in [6, 6.07) is 5.97. The molecule has 0 radical (unpaired) electrons. The summed E-state index contributed by atoms with van der Waals surface area (Å²) in [6.07, 6.45) is 4.49. The molecule has 3 heterocycles. The Kier molecular flexibility index (Phi) is 4.90. The van der Waals surface area contributed by atoms with E-state index in [1.165, 1.54) is 0 Å². The van der Waals surface area contributed by atoms with Crippen LogP contribution in [-0.4, -0.2) is 58.2 Å². The summed E-state index contributed by atoms with van der Waals surface area (Å²) in [5, 5.41) is 19.0. The minimum Gasteiger partial charge on any atom is -0.497 e. The summed E-state index contributed by atoms with van der Waals surface area (Å²) in [7, 11) is 1.69. The maximum Gasteiger partial charge on any atom is 0.119 e. The number of H-pyrrole nitrogens is 1. The average molecular weight is 359 g/mol. The molecule has 2 aliphatic heterocycles. The van der Waals surface area contributed by atoms with Crippen molar-refractivity contribution in [1.82, 2.24) is 15.1 Å². The molecule has 0 amide bonds. The zero-order valence-corrected chi connectivity index (χ0v) is 15.7. The molecular formula is C20H29N3O3. The maximum absolute atomic E-state index is 10.3. The fourth-order valence-electron chi connectivity index (χ4n) is 4.47. The molecule has 0 saturated carbocycles. The van der Waals surface area contributed by atoms with E-state index in [-0.39, 0.29) is 17.8 Å². The van der Waals surface area contributed by atoms with Crippen LogP contribution in [-0.2, 0) is 11.3 Å². The van der Waals surface area contributed by atoms with Gasteiger partial charge in [-0.05, 0) is 43.9 Å². The second-order valence-corrected chi connectivity index (χ2v) is 7.79. The summed E-state index contributed by atoms with van der Waals surface area (Å²) in [5.41, 5.74) is 1.97. The monoisotopic (exact) mass is 359 g/mol. The van der Waals surface area contributed by atoms with Crippen molar-refractivity contribution in [3.63, 3.8) is 0 Å². The van der Waals surface area contributed by atoms with Gasteiger partial charge in [0.25, 0.3) is 0 Å². The lowest BCUT2D eigenvalue weighted by atomic mass is 9.81. The topological polar surface area (TPSA) is 70.6 Å². The number of nitrogens with one attached hydrogen (secondary N) is 1. The van der Waals surface area contributed by atoms with E-state index in [1.54, 1.807) is 7.11 Å². The Labute approximate surface area is 154 Å². The number of aromatic amines is 1. The van der Waals surface area contributed by atoms with E-state index in [2.05, 4.69) is 22.0 Å². The molecule has 1 aromatic heterocycles. The number of rotatable bonds is 4. The van der Waals surface area contributed by atoms with Gasteiger partial charge in [-0.15, -0.1) is 0 Å². The smallest absolute Gasteiger partial charge is 0.119 e. The minimum atomic E-state index is -0.218. The second kappa shape index (κ2) is 7.18. The van der Waals surface area contributed by atoms with Gasteiger partial charge in [0.05, 0.1) is 36.1 Å². The first-order chi connectivity index (χ1) is 12.6. The highest BCUT2D eigenvalue weighted by atomic mass is 16.5. The molecular weight excluding hydrogens is 330 g/mol. The van der Waals surface area contributed by atoms with E-state index < -0.39 is 0 Å². The van der Waals surface area contributed by atoms with E-state index in [0.29, 0.717) is 0 Å². The largest absolute Gasteiger partial charge is 0.497 e. The van der Waals surface area contributed by atoms with Crippen molar-refractivity contribution in [2.45, 2.75) is 63.4 Å². The van der Waals surface area contributed by atoms with Crippen LogP contribution < -0.4 is 4.74 Å². The number of aliphatic hydroxyl groups is 1. The molecule has 2 N–H and O–H groups in total. The molecule has 6 nitrogen and oxygen atoms in total. The quantitative estimate of drug-likeness (QED) is 0.878. The summed E-state index contributed by atoms with van der Waals surface area (Å²) in [4.78, 5) is 2.45. The van der Waals surface area contributed by atoms with E-state index in [1.807, 2.05) is 18.2 Å². The van der Waals surface area contributed by atoms with Gasteiger partial charge in [-0.2, -0.15) is 5.10 Å². The molecule has 2 fully saturated rings. The highest BCUT2D eigenvalue weighted by Gasteiger charge is 2.42. The highest BCUT2D eigenvalue weighted by molar-refractivity contribution is 5.82. The van der Waals surface area contributed by atoms with Crippen molar-refractivity contribution in [3.05, 3.63) is 23.9 Å². The third-order valence-corrected chi connectivity index (χ3v) is 6.00. The van der Waals surface area contributed by atoms with Crippen LogP contribution >= 0.6 is 0 Å². The Morgan fingerprint density at radius 3 is 2.92 bits per heavy atom. The molecule has 0 bridgehead atoms. The number of aliphatic hydroxyl groups excluding tert-OH is 1. The fraction of sp³-hybridized carbons (Fsp3) is 0.650. The summed E-state index contributed by atoms with van der Waals surface area (Å²) in [6.45, 7) is 4.95. The van der Waals surface area contributed by atoms with E-state index in [0.717, 1.165) is 74.1 Å². The molecule has 2 atom stereocenters. The van der Waals surface area contributed by atoms with Crippen LogP contribution in [0, 0.1) is 0 Å². The molecule has 4 rings (SSSR count). The summed E-state index contributed by atoms with van der Waals surface area (Å²) >= 11 is 0. The SMILES string of the molecule is CC[C@H]1C[C@@H](O)CC2(CCN(Cc3[nH]nc4ccc(OC)cc34)CC2)O1. The Balaban J connectivity index is 1.43. The normalized spacial score (nSPS) is 26.4. The minimum absolute atomic E-state index is 0.131. The summed E-state index contributed by atoms with van der Waals surface area (Å²) in [5.74, 6) is 0.855. The zero-order chi connectivity index (χ0) is 18.1. The molecule has 1 spiro atoms. The number of ether oxygens (including phenoxy) is 2. The van der Waals surface area contributed by atoms with Gasteiger partial charge in [0.1, 0.15) is 5.75 Å². The van der Waals surface area contributed by atoms with Crippen LogP contribution in [0.5, 0.6) is 5.75 Å². The molecule has 6 heteroatoms. The zero-order valence-electron chi connectivity index (χ0n) is 15.7. The number of methoxy groups -OCH3 is 1. The molecule has 26 heavy (non-hydrogen) atoms. The Hall–Kier alpha value is -1.63. The first kappa shape index (κ1) is 17.8. The van der Waals surface area contributed by atoms with Crippen LogP contribution in [0.25, 0.3) is 10.9 Å². The standard InChI is InChI=1S/C20H29N3O3/c1-3-15-10-14(24)12-20(26-15)6-8-23(9-7-20)13-19-17-11-16(25-2)4-5-18(17)21-22-19/h4-5,11,14-15,24H,3,6-10,12-13H2,1-2H3,(H,21,22)/t14-,15+/m1/s1. The van der Waals surface area contributed by atoms with E-state index in [4.69, 9.17) is 9.47 Å². The molecule has 142 valence electrons. The van der Waals surface area contributed by atoms with Crippen LogP contribution in [0.1, 0.15) is 44.7 Å². The van der Waals surface area contributed by atoms with Gasteiger partial charge in [-0.1, -0.05) is 6.92 Å². The predicted molar refractivity (Wildman–Crippen MR) is 100 cm³/mol. The third kappa shape index (κ3) is 3.46. The first-order valence-electron chi connectivity index (χ1n) is 9.70. The van der Waals surface area contributed by atoms with Gasteiger partial charge in [0.2, 0.25) is 0 Å². The third-order valence-electron chi connectivity index (χ3n) is 6.00. The number of nitrogens with zero attached hydrogens (tertiary/aromatic N) is 2. The highest BCUT2D eigenvalue weighted by Crippen LogP contribution is 2.38. The molecule has 1 aromatic carbocycles. The number of hydrogen-bond donors (Lipinski definition) is 2. The Bertz CT molecular complexity index is 752. The molecule has 0 unspecified atom stereocenters. The number of benzene rings is 1. The van der Waals surface area contributed by atoms with E-state index in [9.17, 15) is 5.11 Å². The van der Waals surface area contributed by atoms with Crippen molar-refractivity contribution in [2.75, 3.05) is 20.2 Å². The van der Waals surface area contributed by atoms with Crippen LogP contribution in [0.3, 0.4) is 0 Å². The second-order valence-electron chi connectivity index (χ2n) is 7.79. The Morgan fingerprint density at radius 2 is 2.19 bits per heavy atom. The summed E-state index contributed by atoms with van der Waals surface area (Å²) < 4.78 is 11.7. The van der Waals surface area contributed by atoms with Crippen molar-refractivity contribution >= 4 is 10.9 Å². The number of hydrogen-bond acceptors (Lipinski definition) is 5. The van der Waals surface area contributed by atoms with E-state index >= 15 is 0 Å². The predicted octanol–water partition coefficient (Wildman–Crippen LogP) is 2.86. The van der Waals surface area contributed by atoms with Gasteiger partial charge in [-0.25, -0.2) is 0 Å². The van der Waals surface area contributed by atoms with Crippen molar-refractivity contribution in [3.8, 4) is 5.75 Å². The molecule has 0 aliphatic carbocycles. The number of fused-ring (bicyclic) bond motifs is 1. The van der Waals surface area contributed by atoms with Gasteiger partial charge < -0.3 is 14.6 Å². The fourth-order valence-corrected chi connectivity index (χ4v) is 4.47. The van der Waals surface area contributed by atoms with Gasteiger partial charge in [-0.3, -0.25) is 10.00 Å². The lowest BCUT2D eigenvalue weighted by Gasteiger charge is -2.47. The van der Waals surface area contributed by atoms with Crippen LogP contribution in [0.4, 0.5) is 0 Å². The Morgan fingerprint density at radius 1 is 1.38 bits per heavy atom. The maximum atomic E-state index is 10.3. The molecule has 2 aromatic rings. The van der Waals surface area contributed by atoms with Crippen LogP contribution in [0.15, 0.2) is 18.2 Å².